The van der Waals surface area contributed by atoms with E-state index in [1.54, 1.807) is 13.8 Å². The Labute approximate surface area is 175 Å². The third-order valence-corrected chi connectivity index (χ3v) is 6.25. The van der Waals surface area contributed by atoms with Crippen molar-refractivity contribution in [2.24, 2.45) is 0 Å². The normalized spacial score (nSPS) is 20.4. The van der Waals surface area contributed by atoms with Crippen molar-refractivity contribution in [2.75, 3.05) is 44.2 Å². The number of hydrogen-bond donors (Lipinski definition) is 0. The highest BCUT2D eigenvalue weighted by molar-refractivity contribution is 5.96. The highest BCUT2D eigenvalue weighted by atomic mass is 19.1. The smallest absolute Gasteiger partial charge is 0.336 e. The van der Waals surface area contributed by atoms with Gasteiger partial charge < -0.3 is 14.2 Å². The van der Waals surface area contributed by atoms with Gasteiger partial charge in [-0.15, -0.1) is 0 Å². The molecule has 1 amide bonds. The van der Waals surface area contributed by atoms with Crippen LogP contribution in [0.25, 0.3) is 0 Å². The fourth-order valence-corrected chi connectivity index (χ4v) is 4.67. The molecule has 0 spiro atoms. The molecule has 1 aromatic carbocycles. The molecule has 1 atom stereocenters. The van der Waals surface area contributed by atoms with E-state index in [2.05, 4.69) is 9.80 Å². The molecule has 0 N–H and O–H groups in total. The Morgan fingerprint density at radius 2 is 1.77 bits per heavy atom. The third-order valence-electron chi connectivity index (χ3n) is 6.25. The number of carbonyl (C=O) groups excluding carboxylic acids is 1. The Balaban J connectivity index is 1.39. The van der Waals surface area contributed by atoms with E-state index in [-0.39, 0.29) is 11.7 Å². The van der Waals surface area contributed by atoms with Crippen LogP contribution in [0.1, 0.15) is 34.5 Å². The van der Waals surface area contributed by atoms with Gasteiger partial charge in [0, 0.05) is 57.1 Å². The molecule has 0 radical (unpaired) electrons. The topological polar surface area (TPSA) is 57.0 Å². The van der Waals surface area contributed by atoms with E-state index in [1.165, 1.54) is 18.2 Å². The predicted octanol–water partition coefficient (Wildman–Crippen LogP) is 2.82. The van der Waals surface area contributed by atoms with Crippen LogP contribution < -0.4 is 10.5 Å². The fraction of sp³-hybridized carbons (Fsp3) is 0.478. The highest BCUT2D eigenvalue weighted by Gasteiger charge is 2.31. The SMILES string of the molecule is Cc1cc(=O)oc(C)c1C(=O)N1CCCC(N2CCN(c3ccc(F)cc3)CC2)C1. The Hall–Kier alpha value is -2.67. The molecule has 2 aliphatic rings. The van der Waals surface area contributed by atoms with Crippen molar-refractivity contribution >= 4 is 11.6 Å². The van der Waals surface area contributed by atoms with Crippen LogP contribution in [-0.2, 0) is 0 Å². The van der Waals surface area contributed by atoms with Gasteiger partial charge in [-0.25, -0.2) is 9.18 Å². The van der Waals surface area contributed by atoms with Crippen LogP contribution in [-0.4, -0.2) is 61.0 Å². The maximum atomic E-state index is 13.2. The van der Waals surface area contributed by atoms with E-state index in [1.807, 2.05) is 17.0 Å². The van der Waals surface area contributed by atoms with Crippen LogP contribution in [0.15, 0.2) is 39.5 Å². The number of carbonyl (C=O) groups is 1. The number of piperidine rings is 1. The lowest BCUT2D eigenvalue weighted by atomic mass is 10.0. The van der Waals surface area contributed by atoms with Gasteiger partial charge in [0.25, 0.3) is 5.91 Å². The van der Waals surface area contributed by atoms with E-state index < -0.39 is 5.63 Å². The van der Waals surface area contributed by atoms with Crippen molar-refractivity contribution in [1.29, 1.82) is 0 Å². The Kier molecular flexibility index (Phi) is 5.90. The van der Waals surface area contributed by atoms with Crippen LogP contribution in [0.2, 0.25) is 0 Å². The summed E-state index contributed by atoms with van der Waals surface area (Å²) >= 11 is 0. The first-order valence-corrected chi connectivity index (χ1v) is 10.6. The molecule has 7 heteroatoms. The molecule has 160 valence electrons. The quantitative estimate of drug-likeness (QED) is 0.775. The van der Waals surface area contributed by atoms with Crippen LogP contribution >= 0.6 is 0 Å². The lowest BCUT2D eigenvalue weighted by Crippen LogP contribution is -2.56. The highest BCUT2D eigenvalue weighted by Crippen LogP contribution is 2.23. The van der Waals surface area contributed by atoms with Gasteiger partial charge >= 0.3 is 5.63 Å². The molecular weight excluding hydrogens is 385 g/mol. The van der Waals surface area contributed by atoms with Crippen molar-refractivity contribution in [3.05, 3.63) is 63.5 Å². The van der Waals surface area contributed by atoms with Crippen molar-refractivity contribution in [3.8, 4) is 0 Å². The number of rotatable bonds is 3. The minimum Gasteiger partial charge on any atom is -0.427 e. The summed E-state index contributed by atoms with van der Waals surface area (Å²) in [4.78, 5) is 31.3. The zero-order valence-electron chi connectivity index (χ0n) is 17.6. The number of likely N-dealkylation sites (tertiary alicyclic amines) is 1. The molecule has 1 aromatic heterocycles. The van der Waals surface area contributed by atoms with Gasteiger partial charge in [0.1, 0.15) is 11.6 Å². The number of hydrogen-bond acceptors (Lipinski definition) is 5. The Morgan fingerprint density at radius 3 is 2.43 bits per heavy atom. The average Bonchev–Trinajstić information content (AvgIpc) is 2.74. The number of aryl methyl sites for hydroxylation is 2. The van der Waals surface area contributed by atoms with Crippen LogP contribution in [0.3, 0.4) is 0 Å². The standard InChI is InChI=1S/C23H28FN3O3/c1-16-14-21(28)30-17(2)22(16)23(29)27-9-3-4-20(15-27)26-12-10-25(11-13-26)19-7-5-18(24)6-8-19/h5-8,14,20H,3-4,9-13,15H2,1-2H3. The van der Waals surface area contributed by atoms with Gasteiger partial charge in [0.05, 0.1) is 5.56 Å². The summed E-state index contributed by atoms with van der Waals surface area (Å²) in [6.07, 6.45) is 2.03. The second kappa shape index (κ2) is 8.60. The molecule has 4 rings (SSSR count). The van der Waals surface area contributed by atoms with Gasteiger partial charge in [-0.3, -0.25) is 9.69 Å². The molecule has 6 nitrogen and oxygen atoms in total. The summed E-state index contributed by atoms with van der Waals surface area (Å²) in [5, 5.41) is 0. The molecule has 1 unspecified atom stereocenters. The summed E-state index contributed by atoms with van der Waals surface area (Å²) in [5.74, 6) is 0.121. The number of nitrogens with zero attached hydrogens (tertiary/aromatic N) is 3. The zero-order valence-corrected chi connectivity index (χ0v) is 17.6. The first kappa shape index (κ1) is 20.6. The molecule has 0 bridgehead atoms. The summed E-state index contributed by atoms with van der Waals surface area (Å²) in [6, 6.07) is 8.37. The molecule has 30 heavy (non-hydrogen) atoms. The maximum Gasteiger partial charge on any atom is 0.336 e. The molecule has 2 aliphatic heterocycles. The number of piperazine rings is 1. The molecule has 0 saturated carbocycles. The minimum absolute atomic E-state index is 0.0524. The molecular formula is C23H28FN3O3. The molecule has 0 aliphatic carbocycles. The second-order valence-corrected chi connectivity index (χ2v) is 8.23. The Morgan fingerprint density at radius 1 is 1.07 bits per heavy atom. The number of halogens is 1. The van der Waals surface area contributed by atoms with Crippen molar-refractivity contribution in [2.45, 2.75) is 32.7 Å². The van der Waals surface area contributed by atoms with Gasteiger partial charge in [0.2, 0.25) is 0 Å². The summed E-state index contributed by atoms with van der Waals surface area (Å²) in [7, 11) is 0. The van der Waals surface area contributed by atoms with Crippen molar-refractivity contribution < 1.29 is 13.6 Å². The fourth-order valence-electron chi connectivity index (χ4n) is 4.67. The number of benzene rings is 1. The zero-order chi connectivity index (χ0) is 21.3. The first-order chi connectivity index (χ1) is 14.4. The molecule has 2 fully saturated rings. The maximum absolute atomic E-state index is 13.2. The first-order valence-electron chi connectivity index (χ1n) is 10.6. The average molecular weight is 413 g/mol. The summed E-state index contributed by atoms with van der Waals surface area (Å²) in [6.45, 7) is 8.49. The molecule has 2 aromatic rings. The molecule has 3 heterocycles. The molecule has 2 saturated heterocycles. The van der Waals surface area contributed by atoms with E-state index in [9.17, 15) is 14.0 Å². The lowest BCUT2D eigenvalue weighted by molar-refractivity contribution is 0.0559. The van der Waals surface area contributed by atoms with E-state index in [0.29, 0.717) is 29.5 Å². The second-order valence-electron chi connectivity index (χ2n) is 8.23. The Bertz CT molecular complexity index is 938. The third kappa shape index (κ3) is 4.26. The minimum atomic E-state index is -0.419. The largest absolute Gasteiger partial charge is 0.427 e. The number of anilines is 1. The van der Waals surface area contributed by atoms with Gasteiger partial charge in [-0.1, -0.05) is 0 Å². The monoisotopic (exact) mass is 413 g/mol. The van der Waals surface area contributed by atoms with Crippen LogP contribution in [0, 0.1) is 19.7 Å². The van der Waals surface area contributed by atoms with Crippen LogP contribution in [0.5, 0.6) is 0 Å². The van der Waals surface area contributed by atoms with Gasteiger partial charge in [-0.2, -0.15) is 0 Å². The lowest BCUT2D eigenvalue weighted by Gasteiger charge is -2.44. The van der Waals surface area contributed by atoms with E-state index in [0.717, 1.165) is 51.3 Å². The summed E-state index contributed by atoms with van der Waals surface area (Å²) in [5.41, 5.74) is 1.81. The van der Waals surface area contributed by atoms with Gasteiger partial charge in [-0.05, 0) is 56.5 Å². The predicted molar refractivity (Wildman–Crippen MR) is 114 cm³/mol. The van der Waals surface area contributed by atoms with Gasteiger partial charge in [0.15, 0.2) is 0 Å². The summed E-state index contributed by atoms with van der Waals surface area (Å²) < 4.78 is 18.3. The van der Waals surface area contributed by atoms with E-state index >= 15 is 0 Å². The van der Waals surface area contributed by atoms with Crippen LogP contribution in [0.4, 0.5) is 10.1 Å². The van der Waals surface area contributed by atoms with Crippen molar-refractivity contribution in [1.82, 2.24) is 9.80 Å². The van der Waals surface area contributed by atoms with E-state index in [4.69, 9.17) is 4.42 Å². The number of amides is 1. The van der Waals surface area contributed by atoms with Crippen molar-refractivity contribution in [3.63, 3.8) is 0 Å².